The van der Waals surface area contributed by atoms with Crippen LogP contribution in [0.3, 0.4) is 0 Å². The van der Waals surface area contributed by atoms with Crippen LogP contribution in [0.4, 0.5) is 0 Å². The highest BCUT2D eigenvalue weighted by atomic mass is 35.5. The molecule has 0 heterocycles. The molecule has 0 aliphatic carbocycles. The Morgan fingerprint density at radius 3 is 2.43 bits per heavy atom. The first kappa shape index (κ1) is 15.9. The van der Waals surface area contributed by atoms with Crippen molar-refractivity contribution in [1.29, 1.82) is 0 Å². The molecular formula is C17H17Cl2NO. The van der Waals surface area contributed by atoms with Gasteiger partial charge in [-0.2, -0.15) is 0 Å². The maximum absolute atomic E-state index is 12.5. The van der Waals surface area contributed by atoms with E-state index in [4.69, 9.17) is 23.2 Å². The Morgan fingerprint density at radius 2 is 1.86 bits per heavy atom. The minimum atomic E-state index is -0.0519. The molecule has 2 aromatic rings. The largest absolute Gasteiger partial charge is 0.335 e. The van der Waals surface area contributed by atoms with E-state index in [0.29, 0.717) is 16.5 Å². The molecule has 0 aromatic heterocycles. The summed E-state index contributed by atoms with van der Waals surface area (Å²) in [6.45, 7) is 1.98. The van der Waals surface area contributed by atoms with E-state index in [1.807, 2.05) is 43.3 Å². The Hall–Kier alpha value is -1.51. The van der Waals surface area contributed by atoms with Crippen molar-refractivity contribution in [2.45, 2.75) is 18.8 Å². The number of carbonyl (C=O) groups is 1. The summed E-state index contributed by atoms with van der Waals surface area (Å²) in [5.41, 5.74) is 2.66. The zero-order valence-corrected chi connectivity index (χ0v) is 13.5. The monoisotopic (exact) mass is 321 g/mol. The zero-order chi connectivity index (χ0) is 15.4. The maximum atomic E-state index is 12.5. The Balaban J connectivity index is 2.17. The van der Waals surface area contributed by atoms with Gasteiger partial charge in [-0.1, -0.05) is 35.9 Å². The minimum Gasteiger partial charge on any atom is -0.335 e. The molecular weight excluding hydrogens is 305 g/mol. The van der Waals surface area contributed by atoms with Gasteiger partial charge in [-0.05, 0) is 42.3 Å². The molecule has 2 rings (SSSR count). The molecule has 1 unspecified atom stereocenters. The second-order valence-corrected chi connectivity index (χ2v) is 5.68. The van der Waals surface area contributed by atoms with Gasteiger partial charge in [-0.15, -0.1) is 11.6 Å². The predicted octanol–water partition coefficient (Wildman–Crippen LogP) is 4.91. The topological polar surface area (TPSA) is 20.3 Å². The average molecular weight is 322 g/mol. The number of hydrogen-bond donors (Lipinski definition) is 0. The highest BCUT2D eigenvalue weighted by Gasteiger charge is 2.19. The number of carbonyl (C=O) groups excluding carboxylic acids is 1. The molecule has 0 saturated heterocycles. The van der Waals surface area contributed by atoms with E-state index in [-0.39, 0.29) is 11.9 Å². The van der Waals surface area contributed by atoms with Crippen LogP contribution in [-0.2, 0) is 5.88 Å². The standard InChI is InChI=1S/C17H17Cl2NO/c1-12(15-4-3-5-16(19)10-15)20(2)17(21)14-8-6-13(11-18)7-9-14/h3-10,12H,11H2,1-2H3. The van der Waals surface area contributed by atoms with Crippen molar-refractivity contribution in [3.63, 3.8) is 0 Å². The number of hydrogen-bond acceptors (Lipinski definition) is 1. The van der Waals surface area contributed by atoms with Crippen molar-refractivity contribution in [2.24, 2.45) is 0 Å². The SMILES string of the molecule is CC(c1cccc(Cl)c1)N(C)C(=O)c1ccc(CCl)cc1. The fourth-order valence-corrected chi connectivity index (χ4v) is 2.48. The third-order valence-electron chi connectivity index (χ3n) is 3.59. The summed E-state index contributed by atoms with van der Waals surface area (Å²) in [6.07, 6.45) is 0. The van der Waals surface area contributed by atoms with Gasteiger partial charge in [0.05, 0.1) is 6.04 Å². The number of rotatable bonds is 4. The minimum absolute atomic E-state index is 0.0244. The molecule has 1 atom stereocenters. The predicted molar refractivity (Wildman–Crippen MR) is 88.0 cm³/mol. The molecule has 110 valence electrons. The van der Waals surface area contributed by atoms with Crippen LogP contribution in [0.5, 0.6) is 0 Å². The summed E-state index contributed by atoms with van der Waals surface area (Å²) in [4.78, 5) is 14.2. The molecule has 0 aliphatic rings. The molecule has 0 radical (unpaired) electrons. The Kier molecular flexibility index (Phi) is 5.27. The van der Waals surface area contributed by atoms with Crippen LogP contribution < -0.4 is 0 Å². The van der Waals surface area contributed by atoms with E-state index in [0.717, 1.165) is 11.1 Å². The molecule has 4 heteroatoms. The molecule has 2 aromatic carbocycles. The quantitative estimate of drug-likeness (QED) is 0.732. The van der Waals surface area contributed by atoms with Crippen LogP contribution in [0, 0.1) is 0 Å². The van der Waals surface area contributed by atoms with E-state index in [1.165, 1.54) is 0 Å². The van der Waals surface area contributed by atoms with Crippen molar-refractivity contribution in [3.05, 3.63) is 70.2 Å². The number of alkyl halides is 1. The number of amides is 1. The summed E-state index contributed by atoms with van der Waals surface area (Å²) in [6, 6.07) is 14.9. The molecule has 0 saturated carbocycles. The smallest absolute Gasteiger partial charge is 0.254 e. The Bertz CT molecular complexity index is 625. The molecule has 0 aliphatic heterocycles. The lowest BCUT2D eigenvalue weighted by Crippen LogP contribution is -2.29. The molecule has 2 nitrogen and oxygen atoms in total. The van der Waals surface area contributed by atoms with Gasteiger partial charge in [-0.25, -0.2) is 0 Å². The Morgan fingerprint density at radius 1 is 1.19 bits per heavy atom. The van der Waals surface area contributed by atoms with Crippen LogP contribution in [0.15, 0.2) is 48.5 Å². The third kappa shape index (κ3) is 3.78. The lowest BCUT2D eigenvalue weighted by atomic mass is 10.1. The van der Waals surface area contributed by atoms with Gasteiger partial charge in [0.25, 0.3) is 5.91 Å². The van der Waals surface area contributed by atoms with Crippen molar-refractivity contribution < 1.29 is 4.79 Å². The summed E-state index contributed by atoms with van der Waals surface area (Å²) in [7, 11) is 1.80. The van der Waals surface area contributed by atoms with Gasteiger partial charge >= 0.3 is 0 Å². The molecule has 0 bridgehead atoms. The van der Waals surface area contributed by atoms with Gasteiger partial charge in [0.15, 0.2) is 0 Å². The van der Waals surface area contributed by atoms with Gasteiger partial charge in [-0.3, -0.25) is 4.79 Å². The van der Waals surface area contributed by atoms with Crippen molar-refractivity contribution in [2.75, 3.05) is 7.05 Å². The van der Waals surface area contributed by atoms with E-state index < -0.39 is 0 Å². The summed E-state index contributed by atoms with van der Waals surface area (Å²) < 4.78 is 0. The van der Waals surface area contributed by atoms with E-state index in [2.05, 4.69) is 0 Å². The first-order valence-electron chi connectivity index (χ1n) is 6.70. The van der Waals surface area contributed by atoms with Gasteiger partial charge in [0.2, 0.25) is 0 Å². The van der Waals surface area contributed by atoms with Crippen LogP contribution in [-0.4, -0.2) is 17.9 Å². The third-order valence-corrected chi connectivity index (χ3v) is 4.13. The van der Waals surface area contributed by atoms with Crippen LogP contribution in [0.25, 0.3) is 0 Å². The molecule has 0 fully saturated rings. The number of nitrogens with zero attached hydrogens (tertiary/aromatic N) is 1. The van der Waals surface area contributed by atoms with Crippen LogP contribution >= 0.6 is 23.2 Å². The van der Waals surface area contributed by atoms with Gasteiger partial charge in [0, 0.05) is 23.5 Å². The summed E-state index contributed by atoms with van der Waals surface area (Å²) in [5.74, 6) is 0.423. The van der Waals surface area contributed by atoms with E-state index >= 15 is 0 Å². The number of halogens is 2. The lowest BCUT2D eigenvalue weighted by Gasteiger charge is -2.25. The van der Waals surface area contributed by atoms with Crippen molar-refractivity contribution >= 4 is 29.1 Å². The highest BCUT2D eigenvalue weighted by molar-refractivity contribution is 6.30. The molecule has 0 spiro atoms. The first-order valence-corrected chi connectivity index (χ1v) is 7.61. The van der Waals surface area contributed by atoms with Crippen LogP contribution in [0.2, 0.25) is 5.02 Å². The van der Waals surface area contributed by atoms with Gasteiger partial charge < -0.3 is 4.90 Å². The fourth-order valence-electron chi connectivity index (χ4n) is 2.11. The van der Waals surface area contributed by atoms with Gasteiger partial charge in [0.1, 0.15) is 0 Å². The zero-order valence-electron chi connectivity index (χ0n) is 12.0. The fraction of sp³-hybridized carbons (Fsp3) is 0.235. The molecule has 21 heavy (non-hydrogen) atoms. The second-order valence-electron chi connectivity index (χ2n) is 4.98. The molecule has 1 amide bonds. The summed E-state index contributed by atoms with van der Waals surface area (Å²) >= 11 is 11.8. The van der Waals surface area contributed by atoms with Crippen LogP contribution in [0.1, 0.15) is 34.5 Å². The maximum Gasteiger partial charge on any atom is 0.254 e. The number of benzene rings is 2. The first-order chi connectivity index (χ1) is 10.0. The van der Waals surface area contributed by atoms with Crippen molar-refractivity contribution in [3.8, 4) is 0 Å². The van der Waals surface area contributed by atoms with E-state index in [9.17, 15) is 4.79 Å². The highest BCUT2D eigenvalue weighted by Crippen LogP contribution is 2.23. The second kappa shape index (κ2) is 6.97. The van der Waals surface area contributed by atoms with E-state index in [1.54, 1.807) is 24.1 Å². The van der Waals surface area contributed by atoms with Crippen molar-refractivity contribution in [1.82, 2.24) is 4.90 Å². The summed E-state index contributed by atoms with van der Waals surface area (Å²) in [5, 5.41) is 0.673. The lowest BCUT2D eigenvalue weighted by molar-refractivity contribution is 0.0742. The average Bonchev–Trinajstić information content (AvgIpc) is 2.53. The Labute approximate surface area is 135 Å². The normalized spacial score (nSPS) is 12.0. The molecule has 0 N–H and O–H groups in total.